The number of thioether (sulfide) groups is 1. The summed E-state index contributed by atoms with van der Waals surface area (Å²) in [6, 6.07) is 7.68. The third-order valence-corrected chi connectivity index (χ3v) is 8.05. The van der Waals surface area contributed by atoms with E-state index in [2.05, 4.69) is 42.9 Å². The molecule has 1 aromatic carbocycles. The van der Waals surface area contributed by atoms with E-state index < -0.39 is 15.9 Å². The van der Waals surface area contributed by atoms with Crippen LogP contribution in [-0.2, 0) is 21.8 Å². The maximum atomic E-state index is 13.5. The van der Waals surface area contributed by atoms with Gasteiger partial charge < -0.3 is 4.90 Å². The van der Waals surface area contributed by atoms with Gasteiger partial charge in [0.05, 0.1) is 22.7 Å². The van der Waals surface area contributed by atoms with Crippen LogP contribution < -0.4 is 0 Å². The van der Waals surface area contributed by atoms with E-state index in [9.17, 15) is 13.2 Å². The molecule has 9 heteroatoms. The molecule has 1 saturated heterocycles. The Balaban J connectivity index is 1.94. The number of hydrogen-bond acceptors (Lipinski definition) is 6. The first-order valence-corrected chi connectivity index (χ1v) is 13.4. The van der Waals surface area contributed by atoms with E-state index >= 15 is 0 Å². The average Bonchev–Trinajstić information content (AvgIpc) is 3.06. The van der Waals surface area contributed by atoms with E-state index in [4.69, 9.17) is 11.6 Å². The van der Waals surface area contributed by atoms with E-state index in [0.29, 0.717) is 18.1 Å². The number of sulfone groups is 1. The molecule has 1 atom stereocenters. The molecular weight excluding hydrogens is 454 g/mol. The standard InChI is InChI=1S/C22H28ClN3O3S2/c1-5-30-21-24-12-18(23)19(25-21)20(27)26(17-10-11-31(28,29)14-17)13-15-6-8-16(9-7-15)22(2,3)4/h6-9,12,17H,5,10-11,13-14H2,1-4H3/t17-/m1/s1. The fraction of sp³-hybridized carbons (Fsp3) is 0.500. The average molecular weight is 482 g/mol. The summed E-state index contributed by atoms with van der Waals surface area (Å²) in [7, 11) is -3.17. The predicted octanol–water partition coefficient (Wildman–Crippen LogP) is 4.37. The number of amides is 1. The number of hydrogen-bond donors (Lipinski definition) is 0. The van der Waals surface area contributed by atoms with Gasteiger partial charge in [-0.1, -0.05) is 75.3 Å². The monoisotopic (exact) mass is 481 g/mol. The zero-order chi connectivity index (χ0) is 22.8. The normalized spacial score (nSPS) is 18.2. The molecule has 31 heavy (non-hydrogen) atoms. The lowest BCUT2D eigenvalue weighted by Gasteiger charge is -2.29. The van der Waals surface area contributed by atoms with Crippen LogP contribution in [-0.4, -0.2) is 52.5 Å². The van der Waals surface area contributed by atoms with Crippen LogP contribution >= 0.6 is 23.4 Å². The van der Waals surface area contributed by atoms with Crippen molar-refractivity contribution >= 4 is 39.1 Å². The van der Waals surface area contributed by atoms with Crippen LogP contribution in [0.15, 0.2) is 35.6 Å². The Labute approximate surface area is 193 Å². The molecule has 0 aliphatic carbocycles. The van der Waals surface area contributed by atoms with Crippen molar-refractivity contribution in [3.8, 4) is 0 Å². The van der Waals surface area contributed by atoms with Gasteiger partial charge >= 0.3 is 0 Å². The van der Waals surface area contributed by atoms with Gasteiger partial charge in [0.15, 0.2) is 20.7 Å². The molecule has 1 fully saturated rings. The fourth-order valence-corrected chi connectivity index (χ4v) is 5.97. The van der Waals surface area contributed by atoms with Crippen LogP contribution in [0.5, 0.6) is 0 Å². The third kappa shape index (κ3) is 5.99. The highest BCUT2D eigenvalue weighted by Crippen LogP contribution is 2.27. The lowest BCUT2D eigenvalue weighted by molar-refractivity contribution is 0.0674. The Hall–Kier alpha value is -1.64. The molecule has 2 aromatic rings. The molecule has 0 spiro atoms. The van der Waals surface area contributed by atoms with Gasteiger partial charge in [0, 0.05) is 12.6 Å². The Morgan fingerprint density at radius 3 is 2.48 bits per heavy atom. The molecule has 1 amide bonds. The molecule has 3 rings (SSSR count). The van der Waals surface area contributed by atoms with Gasteiger partial charge in [-0.2, -0.15) is 0 Å². The summed E-state index contributed by atoms with van der Waals surface area (Å²) in [5, 5.41) is 0.642. The second-order valence-corrected chi connectivity index (χ2v) is 12.6. The smallest absolute Gasteiger partial charge is 0.274 e. The van der Waals surface area contributed by atoms with Crippen molar-refractivity contribution in [3.63, 3.8) is 0 Å². The topological polar surface area (TPSA) is 80.2 Å². The van der Waals surface area contributed by atoms with Gasteiger partial charge in [0.1, 0.15) is 0 Å². The van der Waals surface area contributed by atoms with Crippen molar-refractivity contribution in [2.75, 3.05) is 17.3 Å². The summed E-state index contributed by atoms with van der Waals surface area (Å²) >= 11 is 7.69. The number of rotatable bonds is 6. The zero-order valence-electron chi connectivity index (χ0n) is 18.3. The summed E-state index contributed by atoms with van der Waals surface area (Å²) in [6.45, 7) is 8.69. The van der Waals surface area contributed by atoms with Crippen LogP contribution in [0.1, 0.15) is 55.7 Å². The van der Waals surface area contributed by atoms with Crippen molar-refractivity contribution in [1.29, 1.82) is 0 Å². The molecular formula is C22H28ClN3O3S2. The molecule has 168 valence electrons. The van der Waals surface area contributed by atoms with Gasteiger partial charge in [0.2, 0.25) is 0 Å². The first-order chi connectivity index (χ1) is 14.5. The number of halogens is 1. The first-order valence-electron chi connectivity index (χ1n) is 10.3. The number of aromatic nitrogens is 2. The summed E-state index contributed by atoms with van der Waals surface area (Å²) in [5.41, 5.74) is 2.26. The highest BCUT2D eigenvalue weighted by Gasteiger charge is 2.36. The molecule has 0 saturated carbocycles. The van der Waals surface area contributed by atoms with Gasteiger partial charge in [-0.25, -0.2) is 18.4 Å². The van der Waals surface area contributed by atoms with E-state index in [0.717, 1.165) is 11.3 Å². The van der Waals surface area contributed by atoms with Crippen LogP contribution in [0, 0.1) is 0 Å². The Morgan fingerprint density at radius 1 is 1.26 bits per heavy atom. The molecule has 6 nitrogen and oxygen atoms in total. The van der Waals surface area contributed by atoms with Crippen molar-refractivity contribution in [2.45, 2.75) is 57.3 Å². The molecule has 1 aliphatic heterocycles. The SMILES string of the molecule is CCSc1ncc(Cl)c(C(=O)N(Cc2ccc(C(C)(C)C)cc2)[C@@H]2CCS(=O)(=O)C2)n1. The molecule has 1 aliphatic rings. The van der Waals surface area contributed by atoms with E-state index in [1.165, 1.54) is 23.5 Å². The van der Waals surface area contributed by atoms with Crippen LogP contribution in [0.2, 0.25) is 5.02 Å². The van der Waals surface area contributed by atoms with Crippen LogP contribution in [0.25, 0.3) is 0 Å². The Bertz CT molecular complexity index is 1050. The molecule has 0 N–H and O–H groups in total. The van der Waals surface area contributed by atoms with E-state index in [-0.39, 0.29) is 33.5 Å². The number of benzene rings is 1. The lowest BCUT2D eigenvalue weighted by atomic mass is 9.86. The maximum absolute atomic E-state index is 13.5. The van der Waals surface area contributed by atoms with Crippen molar-refractivity contribution in [1.82, 2.24) is 14.9 Å². The highest BCUT2D eigenvalue weighted by molar-refractivity contribution is 7.99. The summed E-state index contributed by atoms with van der Waals surface area (Å²) in [4.78, 5) is 23.6. The molecule has 0 unspecified atom stereocenters. The summed E-state index contributed by atoms with van der Waals surface area (Å²) < 4.78 is 24.3. The number of carbonyl (C=O) groups is 1. The molecule has 1 aromatic heterocycles. The molecule has 0 bridgehead atoms. The van der Waals surface area contributed by atoms with Crippen molar-refractivity contribution < 1.29 is 13.2 Å². The van der Waals surface area contributed by atoms with Crippen molar-refractivity contribution in [2.24, 2.45) is 0 Å². The maximum Gasteiger partial charge on any atom is 0.274 e. The third-order valence-electron chi connectivity index (χ3n) is 5.28. The summed E-state index contributed by atoms with van der Waals surface area (Å²) in [6.07, 6.45) is 1.84. The van der Waals surface area contributed by atoms with Gasteiger partial charge in [-0.3, -0.25) is 4.79 Å². The molecule has 0 radical (unpaired) electrons. The van der Waals surface area contributed by atoms with Gasteiger partial charge in [-0.15, -0.1) is 0 Å². The summed E-state index contributed by atoms with van der Waals surface area (Å²) in [5.74, 6) is 0.434. The second kappa shape index (κ2) is 9.46. The van der Waals surface area contributed by atoms with Crippen LogP contribution in [0.4, 0.5) is 0 Å². The minimum atomic E-state index is -3.17. The van der Waals surface area contributed by atoms with E-state index in [1.807, 2.05) is 19.1 Å². The Kier molecular flexibility index (Phi) is 7.33. The lowest BCUT2D eigenvalue weighted by Crippen LogP contribution is -2.41. The van der Waals surface area contributed by atoms with E-state index in [1.54, 1.807) is 4.90 Å². The Morgan fingerprint density at radius 2 is 1.94 bits per heavy atom. The van der Waals surface area contributed by atoms with Gasteiger partial charge in [-0.05, 0) is 28.7 Å². The zero-order valence-corrected chi connectivity index (χ0v) is 20.6. The highest BCUT2D eigenvalue weighted by atomic mass is 35.5. The number of nitrogens with zero attached hydrogens (tertiary/aromatic N) is 3. The minimum Gasteiger partial charge on any atom is -0.329 e. The quantitative estimate of drug-likeness (QED) is 0.450. The second-order valence-electron chi connectivity index (χ2n) is 8.72. The van der Waals surface area contributed by atoms with Crippen LogP contribution in [0.3, 0.4) is 0 Å². The van der Waals surface area contributed by atoms with Gasteiger partial charge in [0.25, 0.3) is 5.91 Å². The minimum absolute atomic E-state index is 0.0232. The predicted molar refractivity (Wildman–Crippen MR) is 126 cm³/mol. The van der Waals surface area contributed by atoms with Crippen molar-refractivity contribution in [3.05, 3.63) is 52.3 Å². The fourth-order valence-electron chi connectivity index (χ4n) is 3.53. The largest absolute Gasteiger partial charge is 0.329 e. The number of carbonyl (C=O) groups excluding carboxylic acids is 1. The first kappa shape index (κ1) is 24.0. The molecule has 2 heterocycles.